The lowest BCUT2D eigenvalue weighted by atomic mass is 9.98. The van der Waals surface area contributed by atoms with Crippen LogP contribution in [-0.4, -0.2) is 4.43 Å². The van der Waals surface area contributed by atoms with E-state index in [4.69, 9.17) is 0 Å². The summed E-state index contributed by atoms with van der Waals surface area (Å²) < 4.78 is 1.34. The summed E-state index contributed by atoms with van der Waals surface area (Å²) in [6.45, 7) is 9.10. The van der Waals surface area contributed by atoms with Gasteiger partial charge in [-0.2, -0.15) is 0 Å². The molecule has 1 heteroatoms. The summed E-state index contributed by atoms with van der Waals surface area (Å²) in [5.41, 5.74) is 3.68. The third-order valence-electron chi connectivity index (χ3n) is 4.02. The van der Waals surface area contributed by atoms with Gasteiger partial charge in [-0.05, 0) is 64.2 Å². The van der Waals surface area contributed by atoms with Crippen molar-refractivity contribution in [3.63, 3.8) is 0 Å². The number of halogens is 1. The Kier molecular flexibility index (Phi) is 6.25. The monoisotopic (exact) mass is 346 g/mol. The smallest absolute Gasteiger partial charge is 0.00291 e. The highest BCUT2D eigenvalue weighted by Gasteiger charge is 2.47. The zero-order chi connectivity index (χ0) is 12.9. The van der Waals surface area contributed by atoms with Gasteiger partial charge < -0.3 is 0 Å². The highest BCUT2D eigenvalue weighted by atomic mass is 127. The zero-order valence-corrected chi connectivity index (χ0v) is 14.0. The van der Waals surface area contributed by atoms with E-state index in [0.717, 1.165) is 5.92 Å². The van der Waals surface area contributed by atoms with Crippen LogP contribution in [0.25, 0.3) is 0 Å². The molecule has 0 spiro atoms. The van der Waals surface area contributed by atoms with Crippen molar-refractivity contribution in [2.24, 2.45) is 11.3 Å². The Labute approximate surface area is 121 Å². The average molecular weight is 346 g/mol. The zero-order valence-electron chi connectivity index (χ0n) is 11.9. The second-order valence-electron chi connectivity index (χ2n) is 6.12. The van der Waals surface area contributed by atoms with Crippen LogP contribution in [0.5, 0.6) is 0 Å². The van der Waals surface area contributed by atoms with Crippen LogP contribution in [0.3, 0.4) is 0 Å². The van der Waals surface area contributed by atoms with Gasteiger partial charge >= 0.3 is 0 Å². The lowest BCUT2D eigenvalue weighted by Crippen LogP contribution is -1.98. The van der Waals surface area contributed by atoms with Crippen LogP contribution in [0, 0.1) is 11.3 Å². The summed E-state index contributed by atoms with van der Waals surface area (Å²) >= 11 is 2.53. The van der Waals surface area contributed by atoms with Crippen LogP contribution in [0.4, 0.5) is 0 Å². The quantitative estimate of drug-likeness (QED) is 0.305. The standard InChI is InChI=1S/C16H27I/c1-13(2)7-5-8-14(3)9-6-10-16(4)11-15(16)12-17/h7,9,15H,5-6,8,10-12H2,1-4H3/b14-9+/t15-,16+/m1/s1. The van der Waals surface area contributed by atoms with Crippen LogP contribution in [0.1, 0.15) is 59.8 Å². The van der Waals surface area contributed by atoms with Crippen LogP contribution < -0.4 is 0 Å². The molecule has 0 N–H and O–H groups in total. The van der Waals surface area contributed by atoms with E-state index >= 15 is 0 Å². The van der Waals surface area contributed by atoms with Crippen molar-refractivity contribution >= 4 is 22.6 Å². The second kappa shape index (κ2) is 6.96. The fourth-order valence-electron chi connectivity index (χ4n) is 2.39. The van der Waals surface area contributed by atoms with Crippen molar-refractivity contribution < 1.29 is 0 Å². The first kappa shape index (κ1) is 15.3. The fourth-order valence-corrected chi connectivity index (χ4v) is 3.76. The first-order valence-electron chi connectivity index (χ1n) is 6.83. The number of hydrogen-bond acceptors (Lipinski definition) is 0. The maximum Gasteiger partial charge on any atom is 0.00291 e. The lowest BCUT2D eigenvalue weighted by Gasteiger charge is -2.08. The van der Waals surface area contributed by atoms with E-state index in [2.05, 4.69) is 62.4 Å². The molecule has 1 aliphatic carbocycles. The molecule has 2 atom stereocenters. The van der Waals surface area contributed by atoms with Crippen molar-refractivity contribution in [3.05, 3.63) is 23.3 Å². The molecule has 1 rings (SSSR count). The summed E-state index contributed by atoms with van der Waals surface area (Å²) in [4.78, 5) is 0. The number of rotatable bonds is 7. The lowest BCUT2D eigenvalue weighted by molar-refractivity contribution is 0.484. The van der Waals surface area contributed by atoms with Gasteiger partial charge in [-0.15, -0.1) is 0 Å². The topological polar surface area (TPSA) is 0 Å². The molecule has 0 radical (unpaired) electrons. The van der Waals surface area contributed by atoms with E-state index in [1.807, 2.05) is 0 Å². The third-order valence-corrected chi connectivity index (χ3v) is 5.09. The third kappa shape index (κ3) is 5.58. The maximum absolute atomic E-state index is 2.53. The normalized spacial score (nSPS) is 28.1. The van der Waals surface area contributed by atoms with Gasteiger partial charge in [-0.1, -0.05) is 52.8 Å². The highest BCUT2D eigenvalue weighted by Crippen LogP contribution is 2.56. The minimum absolute atomic E-state index is 0.678. The number of allylic oxidation sites excluding steroid dienone is 4. The second-order valence-corrected chi connectivity index (χ2v) is 7.00. The summed E-state index contributed by atoms with van der Waals surface area (Å²) in [6, 6.07) is 0. The van der Waals surface area contributed by atoms with Gasteiger partial charge in [0.05, 0.1) is 0 Å². The van der Waals surface area contributed by atoms with Gasteiger partial charge in [0.15, 0.2) is 0 Å². The van der Waals surface area contributed by atoms with E-state index in [9.17, 15) is 0 Å². The molecule has 98 valence electrons. The predicted molar refractivity (Wildman–Crippen MR) is 86.8 cm³/mol. The molecule has 1 saturated carbocycles. The largest absolute Gasteiger partial charge is 0.0861 e. The summed E-state index contributed by atoms with van der Waals surface area (Å²) in [7, 11) is 0. The first-order valence-corrected chi connectivity index (χ1v) is 8.35. The van der Waals surface area contributed by atoms with E-state index < -0.39 is 0 Å². The molecule has 17 heavy (non-hydrogen) atoms. The van der Waals surface area contributed by atoms with E-state index in [0.29, 0.717) is 5.41 Å². The molecule has 1 fully saturated rings. The Morgan fingerprint density at radius 3 is 2.47 bits per heavy atom. The molecular weight excluding hydrogens is 319 g/mol. The van der Waals surface area contributed by atoms with E-state index in [1.165, 1.54) is 42.1 Å². The fraction of sp³-hybridized carbons (Fsp3) is 0.750. The van der Waals surface area contributed by atoms with Gasteiger partial charge in [0.2, 0.25) is 0 Å². The van der Waals surface area contributed by atoms with Crippen LogP contribution >= 0.6 is 22.6 Å². The highest BCUT2D eigenvalue weighted by molar-refractivity contribution is 14.1. The van der Waals surface area contributed by atoms with Gasteiger partial charge in [0, 0.05) is 4.43 Å². The van der Waals surface area contributed by atoms with Crippen molar-refractivity contribution in [2.45, 2.75) is 59.8 Å². The minimum Gasteiger partial charge on any atom is -0.0861 e. The predicted octanol–water partition coefficient (Wildman–Crippen LogP) is 5.92. The maximum atomic E-state index is 2.53. The van der Waals surface area contributed by atoms with Gasteiger partial charge in [0.25, 0.3) is 0 Å². The molecule has 0 nitrogen and oxygen atoms in total. The molecular formula is C16H27I. The van der Waals surface area contributed by atoms with Crippen molar-refractivity contribution in [3.8, 4) is 0 Å². The van der Waals surface area contributed by atoms with Gasteiger partial charge in [0.1, 0.15) is 0 Å². The van der Waals surface area contributed by atoms with Crippen LogP contribution in [0.15, 0.2) is 23.3 Å². The Morgan fingerprint density at radius 2 is 1.94 bits per heavy atom. The van der Waals surface area contributed by atoms with Gasteiger partial charge in [-0.25, -0.2) is 0 Å². The Bertz CT molecular complexity index is 297. The molecule has 0 aromatic rings. The molecule has 0 amide bonds. The average Bonchev–Trinajstić information content (AvgIpc) is 2.89. The summed E-state index contributed by atoms with van der Waals surface area (Å²) in [6.07, 6.45) is 11.4. The Morgan fingerprint density at radius 1 is 1.24 bits per heavy atom. The molecule has 0 unspecified atom stereocenters. The van der Waals surface area contributed by atoms with Crippen molar-refractivity contribution in [2.75, 3.05) is 4.43 Å². The van der Waals surface area contributed by atoms with E-state index in [-0.39, 0.29) is 0 Å². The molecule has 1 aliphatic rings. The van der Waals surface area contributed by atoms with E-state index in [1.54, 1.807) is 5.57 Å². The number of alkyl halides is 1. The SMILES string of the molecule is CC(C)=CCC/C(C)=C/CC[C@@]1(C)C[C@@H]1CI. The summed E-state index contributed by atoms with van der Waals surface area (Å²) in [5.74, 6) is 1.00. The Hall–Kier alpha value is 0.210. The molecule has 0 saturated heterocycles. The molecule has 0 aromatic carbocycles. The minimum atomic E-state index is 0.678. The summed E-state index contributed by atoms with van der Waals surface area (Å²) in [5, 5.41) is 0. The molecule has 0 aromatic heterocycles. The molecule has 0 aliphatic heterocycles. The first-order chi connectivity index (χ1) is 7.98. The van der Waals surface area contributed by atoms with Crippen molar-refractivity contribution in [1.82, 2.24) is 0 Å². The van der Waals surface area contributed by atoms with Crippen LogP contribution in [-0.2, 0) is 0 Å². The Balaban J connectivity index is 2.18. The van der Waals surface area contributed by atoms with Gasteiger partial charge in [-0.3, -0.25) is 0 Å². The molecule has 0 bridgehead atoms. The number of hydrogen-bond donors (Lipinski definition) is 0. The molecule has 0 heterocycles. The van der Waals surface area contributed by atoms with Crippen LogP contribution in [0.2, 0.25) is 0 Å². The van der Waals surface area contributed by atoms with Crippen molar-refractivity contribution in [1.29, 1.82) is 0 Å².